The Bertz CT molecular complexity index is 483. The first-order valence-electron chi connectivity index (χ1n) is 7.41. The van der Waals surface area contributed by atoms with Crippen molar-refractivity contribution in [1.82, 2.24) is 5.43 Å². The highest BCUT2D eigenvalue weighted by molar-refractivity contribution is 6.30. The first-order valence-corrected chi connectivity index (χ1v) is 7.79. The molecule has 0 aromatic heterocycles. The number of nitrogens with two attached hydrogens (primary N) is 1. The highest BCUT2D eigenvalue weighted by Gasteiger charge is 2.43. The van der Waals surface area contributed by atoms with E-state index in [-0.39, 0.29) is 11.6 Å². The fourth-order valence-corrected chi connectivity index (χ4v) is 3.75. The lowest BCUT2D eigenvalue weighted by Crippen LogP contribution is -2.50. The van der Waals surface area contributed by atoms with E-state index in [1.807, 2.05) is 18.2 Å². The molecule has 1 aliphatic carbocycles. The summed E-state index contributed by atoms with van der Waals surface area (Å²) in [6.07, 6.45) is 4.30. The predicted molar refractivity (Wildman–Crippen MR) is 85.4 cm³/mol. The van der Waals surface area contributed by atoms with Crippen LogP contribution in [0, 0.1) is 5.92 Å². The molecule has 4 nitrogen and oxygen atoms in total. The van der Waals surface area contributed by atoms with Gasteiger partial charge in [-0.1, -0.05) is 31.4 Å². The number of methoxy groups -OCH3 is 2. The fraction of sp³-hybridized carbons (Fsp3) is 0.625. The minimum atomic E-state index is -0.329. The zero-order chi connectivity index (χ0) is 15.5. The first-order chi connectivity index (χ1) is 10.1. The fourth-order valence-electron chi connectivity index (χ4n) is 3.57. The number of nitrogens with one attached hydrogen (secondary N) is 1. The molecule has 0 bridgehead atoms. The van der Waals surface area contributed by atoms with Crippen molar-refractivity contribution in [2.75, 3.05) is 14.2 Å². The largest absolute Gasteiger partial charge is 0.496 e. The van der Waals surface area contributed by atoms with E-state index in [0.29, 0.717) is 10.9 Å². The molecule has 0 amide bonds. The van der Waals surface area contributed by atoms with Crippen molar-refractivity contribution in [3.63, 3.8) is 0 Å². The molecule has 1 aliphatic rings. The summed E-state index contributed by atoms with van der Waals surface area (Å²) in [7, 11) is 3.42. The van der Waals surface area contributed by atoms with Crippen molar-refractivity contribution in [1.29, 1.82) is 0 Å². The number of benzene rings is 1. The van der Waals surface area contributed by atoms with Gasteiger partial charge in [-0.3, -0.25) is 5.84 Å². The second-order valence-electron chi connectivity index (χ2n) is 5.96. The summed E-state index contributed by atoms with van der Waals surface area (Å²) < 4.78 is 11.4. The van der Waals surface area contributed by atoms with Crippen LogP contribution in [0.2, 0.25) is 5.02 Å². The Balaban J connectivity index is 2.44. The Morgan fingerprint density at radius 2 is 2.19 bits per heavy atom. The lowest BCUT2D eigenvalue weighted by molar-refractivity contribution is -0.0810. The summed E-state index contributed by atoms with van der Waals surface area (Å²) >= 11 is 6.17. The molecule has 1 aromatic rings. The van der Waals surface area contributed by atoms with E-state index in [1.54, 1.807) is 14.2 Å². The van der Waals surface area contributed by atoms with Crippen molar-refractivity contribution >= 4 is 11.6 Å². The Kier molecular flexibility index (Phi) is 5.49. The van der Waals surface area contributed by atoms with E-state index >= 15 is 0 Å². The van der Waals surface area contributed by atoms with E-state index in [2.05, 4.69) is 12.3 Å². The van der Waals surface area contributed by atoms with Gasteiger partial charge in [0.1, 0.15) is 5.75 Å². The monoisotopic (exact) mass is 312 g/mol. The number of hydrazine groups is 1. The van der Waals surface area contributed by atoms with E-state index in [0.717, 1.165) is 30.6 Å². The third-order valence-electron chi connectivity index (χ3n) is 4.59. The van der Waals surface area contributed by atoms with Gasteiger partial charge < -0.3 is 9.47 Å². The lowest BCUT2D eigenvalue weighted by Gasteiger charge is -2.44. The molecule has 1 fully saturated rings. The first kappa shape index (κ1) is 16.6. The van der Waals surface area contributed by atoms with Crippen LogP contribution in [0.1, 0.15) is 44.2 Å². The van der Waals surface area contributed by atoms with Crippen LogP contribution >= 0.6 is 11.6 Å². The minimum absolute atomic E-state index is 0.154. The van der Waals surface area contributed by atoms with Crippen molar-refractivity contribution in [2.45, 2.75) is 44.2 Å². The molecule has 3 N–H and O–H groups in total. The molecule has 5 heteroatoms. The van der Waals surface area contributed by atoms with E-state index in [4.69, 9.17) is 26.9 Å². The van der Waals surface area contributed by atoms with Crippen LogP contribution in [0.4, 0.5) is 0 Å². The maximum Gasteiger partial charge on any atom is 0.123 e. The molecule has 3 atom stereocenters. The Morgan fingerprint density at radius 3 is 2.76 bits per heavy atom. The molecule has 3 unspecified atom stereocenters. The smallest absolute Gasteiger partial charge is 0.123 e. The third-order valence-corrected chi connectivity index (χ3v) is 4.83. The summed E-state index contributed by atoms with van der Waals surface area (Å²) in [6.45, 7) is 2.26. The van der Waals surface area contributed by atoms with Gasteiger partial charge in [-0.2, -0.15) is 0 Å². The highest BCUT2D eigenvalue weighted by Crippen LogP contribution is 2.45. The summed E-state index contributed by atoms with van der Waals surface area (Å²) in [5.74, 6) is 7.27. The lowest BCUT2D eigenvalue weighted by atomic mass is 9.72. The Morgan fingerprint density at radius 1 is 1.43 bits per heavy atom. The van der Waals surface area contributed by atoms with Gasteiger partial charge in [-0.15, -0.1) is 0 Å². The number of hydrogen-bond donors (Lipinski definition) is 2. The maximum absolute atomic E-state index is 6.17. The van der Waals surface area contributed by atoms with Gasteiger partial charge in [0.2, 0.25) is 0 Å². The van der Waals surface area contributed by atoms with Gasteiger partial charge in [-0.05, 0) is 37.0 Å². The second kappa shape index (κ2) is 6.97. The Hall–Kier alpha value is -0.810. The molecule has 0 saturated heterocycles. The normalized spacial score (nSPS) is 27.4. The van der Waals surface area contributed by atoms with E-state index < -0.39 is 0 Å². The van der Waals surface area contributed by atoms with Crippen molar-refractivity contribution in [3.05, 3.63) is 28.8 Å². The average Bonchev–Trinajstić information content (AvgIpc) is 2.48. The van der Waals surface area contributed by atoms with Crippen LogP contribution in [0.3, 0.4) is 0 Å². The molecule has 118 valence electrons. The van der Waals surface area contributed by atoms with Crippen molar-refractivity contribution in [2.24, 2.45) is 11.8 Å². The average molecular weight is 313 g/mol. The van der Waals surface area contributed by atoms with Crippen LogP contribution in [0.5, 0.6) is 5.75 Å². The van der Waals surface area contributed by atoms with Gasteiger partial charge in [0.25, 0.3) is 0 Å². The number of hydrogen-bond acceptors (Lipinski definition) is 4. The molecular formula is C16H25ClN2O2. The van der Waals surface area contributed by atoms with Gasteiger partial charge in [-0.25, -0.2) is 5.43 Å². The molecule has 0 spiro atoms. The van der Waals surface area contributed by atoms with E-state index in [9.17, 15) is 0 Å². The zero-order valence-electron chi connectivity index (χ0n) is 13.0. The summed E-state index contributed by atoms with van der Waals surface area (Å²) in [5.41, 5.74) is 3.56. The van der Waals surface area contributed by atoms with Gasteiger partial charge in [0.05, 0.1) is 18.8 Å². The molecule has 1 saturated carbocycles. The molecule has 0 aliphatic heterocycles. The van der Waals surface area contributed by atoms with Gasteiger partial charge in [0.15, 0.2) is 0 Å². The summed E-state index contributed by atoms with van der Waals surface area (Å²) in [6, 6.07) is 5.45. The third kappa shape index (κ3) is 3.34. The van der Waals surface area contributed by atoms with Crippen molar-refractivity contribution < 1.29 is 9.47 Å². The summed E-state index contributed by atoms with van der Waals surface area (Å²) in [4.78, 5) is 0. The summed E-state index contributed by atoms with van der Waals surface area (Å²) in [5, 5.41) is 0.668. The molecule has 1 aromatic carbocycles. The predicted octanol–water partition coefficient (Wildman–Crippen LogP) is 3.45. The number of halogens is 1. The quantitative estimate of drug-likeness (QED) is 0.646. The van der Waals surface area contributed by atoms with Crippen molar-refractivity contribution in [3.8, 4) is 5.75 Å². The number of ether oxygens (including phenoxy) is 2. The SMILES string of the molecule is COc1ccc(Cl)cc1C(NN)C1(OC)CCCC(C)C1. The minimum Gasteiger partial charge on any atom is -0.496 e. The van der Waals surface area contributed by atoms with Gasteiger partial charge in [0, 0.05) is 17.7 Å². The standard InChI is InChI=1S/C16H25ClN2O2/c1-11-5-4-8-16(10-11,21-3)15(19-18)13-9-12(17)6-7-14(13)20-2/h6-7,9,11,15,19H,4-5,8,10,18H2,1-3H3. The highest BCUT2D eigenvalue weighted by atomic mass is 35.5. The van der Waals surface area contributed by atoms with E-state index in [1.165, 1.54) is 6.42 Å². The van der Waals surface area contributed by atoms with Crippen LogP contribution in [0.25, 0.3) is 0 Å². The van der Waals surface area contributed by atoms with Crippen LogP contribution in [0.15, 0.2) is 18.2 Å². The zero-order valence-corrected chi connectivity index (χ0v) is 13.7. The molecule has 21 heavy (non-hydrogen) atoms. The second-order valence-corrected chi connectivity index (χ2v) is 6.39. The number of rotatable bonds is 5. The van der Waals surface area contributed by atoms with Crippen LogP contribution in [-0.4, -0.2) is 19.8 Å². The van der Waals surface area contributed by atoms with Crippen LogP contribution in [-0.2, 0) is 4.74 Å². The van der Waals surface area contributed by atoms with Crippen LogP contribution < -0.4 is 16.0 Å². The van der Waals surface area contributed by atoms with Gasteiger partial charge >= 0.3 is 0 Å². The molecule has 0 heterocycles. The maximum atomic E-state index is 6.17. The topological polar surface area (TPSA) is 56.5 Å². The molecule has 0 radical (unpaired) electrons. The Labute approximate surface area is 131 Å². The molecule has 2 rings (SSSR count). The molecular weight excluding hydrogens is 288 g/mol.